The van der Waals surface area contributed by atoms with Gasteiger partial charge in [-0.1, -0.05) is 6.07 Å². The Balaban J connectivity index is 1.72. The van der Waals surface area contributed by atoms with Crippen LogP contribution in [0, 0.1) is 0 Å². The smallest absolute Gasteiger partial charge is 0.266 e. The predicted molar refractivity (Wildman–Crippen MR) is 104 cm³/mol. The summed E-state index contributed by atoms with van der Waals surface area (Å²) >= 11 is 1.17. The minimum atomic E-state index is -0.338. The first-order valence-electron chi connectivity index (χ1n) is 8.05. The molecule has 0 aliphatic rings. The van der Waals surface area contributed by atoms with E-state index < -0.39 is 0 Å². The summed E-state index contributed by atoms with van der Waals surface area (Å²) in [6.45, 7) is 0. The number of carbonyl (C=O) groups excluding carboxylic acids is 1. The number of pyridine rings is 1. The molecule has 0 aliphatic carbocycles. The van der Waals surface area contributed by atoms with E-state index in [2.05, 4.69) is 10.3 Å². The maximum atomic E-state index is 12.7. The van der Waals surface area contributed by atoms with Crippen molar-refractivity contribution in [3.8, 4) is 11.5 Å². The van der Waals surface area contributed by atoms with Gasteiger partial charge in [0.25, 0.3) is 11.5 Å². The zero-order valence-corrected chi connectivity index (χ0v) is 15.4. The minimum absolute atomic E-state index is 0.201. The molecule has 27 heavy (non-hydrogen) atoms. The first kappa shape index (κ1) is 17.0. The van der Waals surface area contributed by atoms with E-state index in [0.717, 1.165) is 0 Å². The van der Waals surface area contributed by atoms with Crippen molar-refractivity contribution in [2.75, 3.05) is 19.5 Å². The van der Waals surface area contributed by atoms with Crippen LogP contribution in [0.25, 0.3) is 15.9 Å². The number of methoxy groups -OCH3 is 2. The number of benzene rings is 1. The Morgan fingerprint density at radius 2 is 2.00 bits per heavy atom. The average molecular weight is 381 g/mol. The van der Waals surface area contributed by atoms with Crippen LogP contribution >= 0.6 is 11.3 Å². The number of nitrogens with zero attached hydrogens (tertiary/aromatic N) is 2. The highest BCUT2D eigenvalue weighted by Crippen LogP contribution is 2.30. The maximum Gasteiger partial charge on any atom is 0.266 e. The second-order valence-corrected chi connectivity index (χ2v) is 6.73. The van der Waals surface area contributed by atoms with E-state index in [1.54, 1.807) is 49.7 Å². The molecule has 0 unspecified atom stereocenters. The van der Waals surface area contributed by atoms with E-state index in [9.17, 15) is 9.59 Å². The van der Waals surface area contributed by atoms with Crippen molar-refractivity contribution >= 4 is 38.8 Å². The van der Waals surface area contributed by atoms with Crippen LogP contribution in [0.2, 0.25) is 0 Å². The van der Waals surface area contributed by atoms with Crippen LogP contribution < -0.4 is 20.3 Å². The average Bonchev–Trinajstić information content (AvgIpc) is 3.13. The standard InChI is InChI=1S/C19H15N3O4S/c1-25-11-6-7-13(14(9-11)26-2)20-17(23)15-10-12-18(27-15)21-16-5-3-4-8-22(16)19(12)24/h3-10H,1-2H3,(H,20,23). The number of rotatable bonds is 4. The van der Waals surface area contributed by atoms with Gasteiger partial charge in [-0.05, 0) is 30.3 Å². The summed E-state index contributed by atoms with van der Waals surface area (Å²) in [4.78, 5) is 30.7. The van der Waals surface area contributed by atoms with Crippen molar-refractivity contribution in [3.63, 3.8) is 0 Å². The van der Waals surface area contributed by atoms with Gasteiger partial charge < -0.3 is 14.8 Å². The molecule has 3 heterocycles. The fraction of sp³-hybridized carbons (Fsp3) is 0.105. The third-order valence-electron chi connectivity index (χ3n) is 4.10. The largest absolute Gasteiger partial charge is 0.497 e. The van der Waals surface area contributed by atoms with Gasteiger partial charge in [-0.15, -0.1) is 11.3 Å². The van der Waals surface area contributed by atoms with Gasteiger partial charge in [0.15, 0.2) is 0 Å². The number of hydrogen-bond acceptors (Lipinski definition) is 6. The van der Waals surface area contributed by atoms with Gasteiger partial charge in [0.05, 0.1) is 30.2 Å². The molecule has 136 valence electrons. The van der Waals surface area contributed by atoms with Crippen molar-refractivity contribution in [2.24, 2.45) is 0 Å². The Hall–Kier alpha value is -3.39. The van der Waals surface area contributed by atoms with Crippen LogP contribution in [0.5, 0.6) is 11.5 Å². The monoisotopic (exact) mass is 381 g/mol. The Labute approximate surface area is 157 Å². The topological polar surface area (TPSA) is 81.9 Å². The van der Waals surface area contributed by atoms with Gasteiger partial charge in [-0.2, -0.15) is 0 Å². The summed E-state index contributed by atoms with van der Waals surface area (Å²) in [7, 11) is 3.07. The molecule has 1 N–H and O–H groups in total. The van der Waals surface area contributed by atoms with Gasteiger partial charge >= 0.3 is 0 Å². The third kappa shape index (κ3) is 3.00. The molecule has 7 nitrogen and oxygen atoms in total. The lowest BCUT2D eigenvalue weighted by Gasteiger charge is -2.10. The Bertz CT molecular complexity index is 1230. The molecule has 4 aromatic rings. The highest BCUT2D eigenvalue weighted by molar-refractivity contribution is 7.20. The summed E-state index contributed by atoms with van der Waals surface area (Å²) in [5, 5.41) is 3.22. The Morgan fingerprint density at radius 1 is 1.15 bits per heavy atom. The van der Waals surface area contributed by atoms with E-state index in [1.165, 1.54) is 22.8 Å². The van der Waals surface area contributed by atoms with Crippen LogP contribution in [-0.2, 0) is 0 Å². The van der Waals surface area contributed by atoms with Crippen molar-refractivity contribution in [3.05, 3.63) is 63.9 Å². The number of amides is 1. The highest BCUT2D eigenvalue weighted by Gasteiger charge is 2.16. The quantitative estimate of drug-likeness (QED) is 0.587. The van der Waals surface area contributed by atoms with Gasteiger partial charge in [0.1, 0.15) is 22.0 Å². The molecule has 0 atom stereocenters. The second-order valence-electron chi connectivity index (χ2n) is 5.70. The van der Waals surface area contributed by atoms with E-state index in [-0.39, 0.29) is 11.5 Å². The summed E-state index contributed by atoms with van der Waals surface area (Å²) in [5.74, 6) is 0.762. The molecule has 0 saturated carbocycles. The molecule has 4 rings (SSSR count). The fourth-order valence-corrected chi connectivity index (χ4v) is 3.67. The molecule has 0 bridgehead atoms. The molecule has 0 saturated heterocycles. The summed E-state index contributed by atoms with van der Waals surface area (Å²) in [6, 6.07) is 12.0. The molecular formula is C19H15N3O4S. The van der Waals surface area contributed by atoms with Crippen LogP contribution in [0.15, 0.2) is 53.5 Å². The first-order chi connectivity index (χ1) is 13.1. The molecule has 3 aromatic heterocycles. The second kappa shape index (κ2) is 6.73. The molecule has 0 spiro atoms. The number of aromatic nitrogens is 2. The van der Waals surface area contributed by atoms with E-state index in [1.807, 2.05) is 6.07 Å². The van der Waals surface area contributed by atoms with E-state index in [4.69, 9.17) is 9.47 Å². The van der Waals surface area contributed by atoms with Gasteiger partial charge in [0, 0.05) is 12.3 Å². The van der Waals surface area contributed by atoms with Crippen molar-refractivity contribution in [1.82, 2.24) is 9.38 Å². The fourth-order valence-electron chi connectivity index (χ4n) is 2.75. The van der Waals surface area contributed by atoms with Gasteiger partial charge in [-0.25, -0.2) is 4.98 Å². The molecule has 0 radical (unpaired) electrons. The number of thiophene rings is 1. The number of nitrogens with one attached hydrogen (secondary N) is 1. The van der Waals surface area contributed by atoms with Crippen LogP contribution in [0.3, 0.4) is 0 Å². The zero-order chi connectivity index (χ0) is 19.0. The van der Waals surface area contributed by atoms with Crippen molar-refractivity contribution in [2.45, 2.75) is 0 Å². The van der Waals surface area contributed by atoms with Gasteiger partial charge in [-0.3, -0.25) is 14.0 Å². The van der Waals surface area contributed by atoms with Crippen LogP contribution in [-0.4, -0.2) is 29.5 Å². The number of carbonyl (C=O) groups is 1. The SMILES string of the molecule is COc1ccc(NC(=O)c2cc3c(=O)n4ccccc4nc3s2)c(OC)c1. The molecular weight excluding hydrogens is 366 g/mol. The summed E-state index contributed by atoms with van der Waals surface area (Å²) in [5.41, 5.74) is 0.851. The van der Waals surface area contributed by atoms with E-state index >= 15 is 0 Å². The Morgan fingerprint density at radius 3 is 2.78 bits per heavy atom. The number of ether oxygens (including phenoxy) is 2. The number of anilines is 1. The first-order valence-corrected chi connectivity index (χ1v) is 8.86. The summed E-state index contributed by atoms with van der Waals surface area (Å²) < 4.78 is 11.9. The Kier molecular flexibility index (Phi) is 4.25. The molecule has 0 aliphatic heterocycles. The molecule has 8 heteroatoms. The molecule has 1 aromatic carbocycles. The third-order valence-corrected chi connectivity index (χ3v) is 5.12. The minimum Gasteiger partial charge on any atom is -0.497 e. The normalized spacial score (nSPS) is 10.9. The van der Waals surface area contributed by atoms with E-state index in [0.29, 0.717) is 37.9 Å². The number of fused-ring (bicyclic) bond motifs is 2. The highest BCUT2D eigenvalue weighted by atomic mass is 32.1. The molecule has 1 amide bonds. The predicted octanol–water partition coefficient (Wildman–Crippen LogP) is 3.18. The van der Waals surface area contributed by atoms with Crippen LogP contribution in [0.1, 0.15) is 9.67 Å². The maximum absolute atomic E-state index is 12.7. The lowest BCUT2D eigenvalue weighted by atomic mass is 10.2. The van der Waals surface area contributed by atoms with Crippen molar-refractivity contribution < 1.29 is 14.3 Å². The number of hydrogen-bond donors (Lipinski definition) is 1. The molecule has 0 fully saturated rings. The zero-order valence-electron chi connectivity index (χ0n) is 14.6. The lowest BCUT2D eigenvalue weighted by Crippen LogP contribution is -2.13. The van der Waals surface area contributed by atoms with Crippen molar-refractivity contribution in [1.29, 1.82) is 0 Å². The summed E-state index contributed by atoms with van der Waals surface area (Å²) in [6.07, 6.45) is 1.66. The van der Waals surface area contributed by atoms with Crippen LogP contribution in [0.4, 0.5) is 5.69 Å². The lowest BCUT2D eigenvalue weighted by molar-refractivity contribution is 0.103. The van der Waals surface area contributed by atoms with Gasteiger partial charge in [0.2, 0.25) is 0 Å².